The lowest BCUT2D eigenvalue weighted by atomic mass is 10.1. The van der Waals surface area contributed by atoms with Gasteiger partial charge in [0.2, 0.25) is 0 Å². The first-order valence-electron chi connectivity index (χ1n) is 5.17. The highest BCUT2D eigenvalue weighted by atomic mass is 16.3. The van der Waals surface area contributed by atoms with Crippen LogP contribution in [0.2, 0.25) is 0 Å². The van der Waals surface area contributed by atoms with E-state index in [-0.39, 0.29) is 0 Å². The van der Waals surface area contributed by atoms with Crippen molar-refractivity contribution in [3.8, 4) is 11.8 Å². The molecule has 2 rings (SSSR count). The molecule has 0 aliphatic heterocycles. The molecule has 0 aliphatic carbocycles. The molecule has 0 saturated carbocycles. The van der Waals surface area contributed by atoms with E-state index in [0.717, 1.165) is 0 Å². The number of hydrogen-bond acceptors (Lipinski definition) is 4. The standard InChI is InChI=1S/C12H12N4O/c1-12(2,17)11-8-16(15-14-11)10-6-4-3-5-9(10)7-13/h3-6,8,17H,1-2H3. The van der Waals surface area contributed by atoms with Crippen molar-refractivity contribution in [2.75, 3.05) is 0 Å². The van der Waals surface area contributed by atoms with Crippen LogP contribution in [0.3, 0.4) is 0 Å². The van der Waals surface area contributed by atoms with Gasteiger partial charge in [-0.2, -0.15) is 5.26 Å². The molecule has 0 saturated heterocycles. The van der Waals surface area contributed by atoms with Crippen LogP contribution in [0.5, 0.6) is 0 Å². The highest BCUT2D eigenvalue weighted by Crippen LogP contribution is 2.18. The first-order valence-corrected chi connectivity index (χ1v) is 5.17. The van der Waals surface area contributed by atoms with Gasteiger partial charge in [-0.3, -0.25) is 0 Å². The Labute approximate surface area is 98.9 Å². The van der Waals surface area contributed by atoms with Crippen LogP contribution in [0.4, 0.5) is 0 Å². The van der Waals surface area contributed by atoms with Crippen molar-refractivity contribution in [1.82, 2.24) is 15.0 Å². The van der Waals surface area contributed by atoms with Crippen LogP contribution in [0.1, 0.15) is 25.1 Å². The molecule has 1 heterocycles. The quantitative estimate of drug-likeness (QED) is 0.842. The Morgan fingerprint density at radius 3 is 2.65 bits per heavy atom. The molecule has 0 unspecified atom stereocenters. The van der Waals surface area contributed by atoms with Crippen molar-refractivity contribution in [2.45, 2.75) is 19.4 Å². The molecule has 5 heteroatoms. The lowest BCUT2D eigenvalue weighted by molar-refractivity contribution is 0.0737. The minimum absolute atomic E-state index is 0.463. The highest BCUT2D eigenvalue weighted by molar-refractivity contribution is 5.47. The zero-order chi connectivity index (χ0) is 12.5. The van der Waals surface area contributed by atoms with Crippen LogP contribution < -0.4 is 0 Å². The van der Waals surface area contributed by atoms with E-state index in [1.165, 1.54) is 4.68 Å². The topological polar surface area (TPSA) is 74.7 Å². The third-order valence-corrected chi connectivity index (χ3v) is 2.39. The fourth-order valence-corrected chi connectivity index (χ4v) is 1.43. The lowest BCUT2D eigenvalue weighted by Crippen LogP contribution is -2.15. The summed E-state index contributed by atoms with van der Waals surface area (Å²) >= 11 is 0. The summed E-state index contributed by atoms with van der Waals surface area (Å²) in [4.78, 5) is 0. The molecule has 1 aromatic carbocycles. The maximum absolute atomic E-state index is 9.79. The molecular weight excluding hydrogens is 216 g/mol. The van der Waals surface area contributed by atoms with Crippen molar-refractivity contribution in [3.05, 3.63) is 41.7 Å². The number of aliphatic hydroxyl groups is 1. The minimum Gasteiger partial charge on any atom is -0.384 e. The van der Waals surface area contributed by atoms with Gasteiger partial charge in [-0.15, -0.1) is 5.10 Å². The minimum atomic E-state index is -1.04. The van der Waals surface area contributed by atoms with E-state index < -0.39 is 5.60 Å². The highest BCUT2D eigenvalue weighted by Gasteiger charge is 2.20. The zero-order valence-corrected chi connectivity index (χ0v) is 9.62. The average molecular weight is 228 g/mol. The largest absolute Gasteiger partial charge is 0.384 e. The monoisotopic (exact) mass is 228 g/mol. The average Bonchev–Trinajstić information content (AvgIpc) is 2.77. The molecule has 0 aliphatic rings. The maximum Gasteiger partial charge on any atom is 0.114 e. The first-order chi connectivity index (χ1) is 8.02. The van der Waals surface area contributed by atoms with Crippen molar-refractivity contribution < 1.29 is 5.11 Å². The predicted octanol–water partition coefficient (Wildman–Crippen LogP) is 1.37. The summed E-state index contributed by atoms with van der Waals surface area (Å²) in [6.45, 7) is 3.27. The molecule has 17 heavy (non-hydrogen) atoms. The molecule has 5 nitrogen and oxygen atoms in total. The van der Waals surface area contributed by atoms with Crippen molar-refractivity contribution in [1.29, 1.82) is 5.26 Å². The van der Waals surface area contributed by atoms with E-state index in [1.807, 2.05) is 6.07 Å². The van der Waals surface area contributed by atoms with E-state index >= 15 is 0 Å². The van der Waals surface area contributed by atoms with Gasteiger partial charge in [0.15, 0.2) is 0 Å². The van der Waals surface area contributed by atoms with Crippen LogP contribution in [0.15, 0.2) is 30.5 Å². The van der Waals surface area contributed by atoms with Crippen LogP contribution in [0, 0.1) is 11.3 Å². The summed E-state index contributed by atoms with van der Waals surface area (Å²) in [5, 5.41) is 26.6. The molecule has 86 valence electrons. The SMILES string of the molecule is CC(C)(O)c1cn(-c2ccccc2C#N)nn1. The van der Waals surface area contributed by atoms with Crippen molar-refractivity contribution in [2.24, 2.45) is 0 Å². The smallest absolute Gasteiger partial charge is 0.114 e. The van der Waals surface area contributed by atoms with Crippen molar-refractivity contribution >= 4 is 0 Å². The Balaban J connectivity index is 2.49. The van der Waals surface area contributed by atoms with Crippen LogP contribution >= 0.6 is 0 Å². The Bertz CT molecular complexity index is 575. The van der Waals surface area contributed by atoms with Crippen LogP contribution in [0.25, 0.3) is 5.69 Å². The normalized spacial score (nSPS) is 11.2. The molecule has 0 bridgehead atoms. The molecule has 0 fully saturated rings. The fraction of sp³-hybridized carbons (Fsp3) is 0.250. The van der Waals surface area contributed by atoms with E-state index in [2.05, 4.69) is 16.4 Å². The molecule has 1 aromatic heterocycles. The second-order valence-electron chi connectivity index (χ2n) is 4.24. The van der Waals surface area contributed by atoms with Gasteiger partial charge in [-0.1, -0.05) is 17.3 Å². The third-order valence-electron chi connectivity index (χ3n) is 2.39. The van der Waals surface area contributed by atoms with Gasteiger partial charge in [-0.05, 0) is 26.0 Å². The van der Waals surface area contributed by atoms with Gasteiger partial charge in [0.25, 0.3) is 0 Å². The summed E-state index contributed by atoms with van der Waals surface area (Å²) in [6.07, 6.45) is 1.62. The summed E-state index contributed by atoms with van der Waals surface area (Å²) in [7, 11) is 0. The summed E-state index contributed by atoms with van der Waals surface area (Å²) < 4.78 is 1.49. The summed E-state index contributed by atoms with van der Waals surface area (Å²) in [5.74, 6) is 0. The Morgan fingerprint density at radius 1 is 1.35 bits per heavy atom. The molecule has 0 spiro atoms. The van der Waals surface area contributed by atoms with Gasteiger partial charge < -0.3 is 5.11 Å². The maximum atomic E-state index is 9.79. The number of nitrogens with zero attached hydrogens (tertiary/aromatic N) is 4. The second kappa shape index (κ2) is 4.00. The van der Waals surface area contributed by atoms with Gasteiger partial charge in [0.1, 0.15) is 17.4 Å². The number of aromatic nitrogens is 3. The number of hydrogen-bond donors (Lipinski definition) is 1. The fourth-order valence-electron chi connectivity index (χ4n) is 1.43. The summed E-state index contributed by atoms with van der Waals surface area (Å²) in [6, 6.07) is 9.19. The molecule has 2 aromatic rings. The molecule has 0 atom stereocenters. The second-order valence-corrected chi connectivity index (χ2v) is 4.24. The summed E-state index contributed by atoms with van der Waals surface area (Å²) in [5.41, 5.74) is 0.586. The van der Waals surface area contributed by atoms with E-state index in [1.54, 1.807) is 38.2 Å². The Hall–Kier alpha value is -2.19. The predicted molar refractivity (Wildman–Crippen MR) is 61.3 cm³/mol. The van der Waals surface area contributed by atoms with Crippen LogP contribution in [-0.4, -0.2) is 20.1 Å². The molecule has 0 amide bonds. The lowest BCUT2D eigenvalue weighted by Gasteiger charge is -2.11. The Morgan fingerprint density at radius 2 is 2.06 bits per heavy atom. The van der Waals surface area contributed by atoms with E-state index in [9.17, 15) is 5.11 Å². The Kier molecular flexibility index (Phi) is 2.66. The zero-order valence-electron chi connectivity index (χ0n) is 9.62. The molecule has 1 N–H and O–H groups in total. The third kappa shape index (κ3) is 2.17. The molecule has 0 radical (unpaired) electrons. The first kappa shape index (κ1) is 11.3. The number of rotatable bonds is 2. The molecular formula is C12H12N4O. The van der Waals surface area contributed by atoms with E-state index in [4.69, 9.17) is 5.26 Å². The van der Waals surface area contributed by atoms with Gasteiger partial charge in [-0.25, -0.2) is 4.68 Å². The van der Waals surface area contributed by atoms with E-state index in [0.29, 0.717) is 16.9 Å². The van der Waals surface area contributed by atoms with Gasteiger partial charge in [0.05, 0.1) is 17.4 Å². The van der Waals surface area contributed by atoms with Crippen molar-refractivity contribution in [3.63, 3.8) is 0 Å². The van der Waals surface area contributed by atoms with Gasteiger partial charge in [0, 0.05) is 0 Å². The number of benzene rings is 1. The van der Waals surface area contributed by atoms with Gasteiger partial charge >= 0.3 is 0 Å². The number of para-hydroxylation sites is 1. The number of nitriles is 1. The van der Waals surface area contributed by atoms with Crippen LogP contribution in [-0.2, 0) is 5.60 Å².